The van der Waals surface area contributed by atoms with Gasteiger partial charge in [-0.1, -0.05) is 18.2 Å². The zero-order valence-electron chi connectivity index (χ0n) is 23.3. The van der Waals surface area contributed by atoms with E-state index in [2.05, 4.69) is 32.4 Å². The van der Waals surface area contributed by atoms with E-state index >= 15 is 0 Å². The minimum atomic E-state index is -0.599. The van der Waals surface area contributed by atoms with Gasteiger partial charge in [-0.2, -0.15) is 5.10 Å². The van der Waals surface area contributed by atoms with Gasteiger partial charge >= 0.3 is 0 Å². The largest absolute Gasteiger partial charge is 0.322 e. The number of likely N-dealkylation sites (tertiary alicyclic amines) is 1. The van der Waals surface area contributed by atoms with Crippen LogP contribution in [0.5, 0.6) is 0 Å². The van der Waals surface area contributed by atoms with Crippen molar-refractivity contribution in [3.8, 4) is 5.69 Å². The first-order valence-corrected chi connectivity index (χ1v) is 14.3. The molecule has 1 atom stereocenters. The van der Waals surface area contributed by atoms with Crippen LogP contribution in [0.15, 0.2) is 59.9 Å². The third-order valence-electron chi connectivity index (χ3n) is 8.80. The summed E-state index contributed by atoms with van der Waals surface area (Å²) in [6, 6.07) is 11.4. The highest BCUT2D eigenvalue weighted by atomic mass is 16.2. The fraction of sp³-hybridized carbons (Fsp3) is 0.355. The molecule has 1 N–H and O–H groups in total. The summed E-state index contributed by atoms with van der Waals surface area (Å²) in [5.41, 5.74) is 5.14. The average Bonchev–Trinajstić information content (AvgIpc) is 3.56. The lowest BCUT2D eigenvalue weighted by molar-refractivity contribution is -0.136. The van der Waals surface area contributed by atoms with Crippen molar-refractivity contribution in [2.45, 2.75) is 50.7 Å². The second-order valence-corrected chi connectivity index (χ2v) is 11.5. The van der Waals surface area contributed by atoms with Gasteiger partial charge < -0.3 is 4.90 Å². The van der Waals surface area contributed by atoms with E-state index < -0.39 is 6.04 Å². The molecule has 214 valence electrons. The second kappa shape index (κ2) is 10.3. The Morgan fingerprint density at radius 3 is 2.60 bits per heavy atom. The fourth-order valence-electron chi connectivity index (χ4n) is 6.52. The number of amides is 3. The first-order chi connectivity index (χ1) is 20.3. The summed E-state index contributed by atoms with van der Waals surface area (Å²) in [6.07, 6.45) is 7.59. The predicted octanol–water partition coefficient (Wildman–Crippen LogP) is 2.26. The van der Waals surface area contributed by atoms with Crippen molar-refractivity contribution in [2.24, 2.45) is 7.05 Å². The topological polar surface area (TPSA) is 122 Å². The van der Waals surface area contributed by atoms with E-state index in [0.717, 1.165) is 43.6 Å². The number of nitrogens with zero attached hydrogens (tertiary/aromatic N) is 6. The van der Waals surface area contributed by atoms with Crippen molar-refractivity contribution in [3.63, 3.8) is 0 Å². The highest BCUT2D eigenvalue weighted by Crippen LogP contribution is 2.34. The zero-order valence-corrected chi connectivity index (χ0v) is 23.3. The minimum Gasteiger partial charge on any atom is -0.322 e. The predicted molar refractivity (Wildman–Crippen MR) is 154 cm³/mol. The Morgan fingerprint density at radius 1 is 1.00 bits per heavy atom. The number of benzene rings is 2. The molecule has 5 heterocycles. The summed E-state index contributed by atoms with van der Waals surface area (Å²) >= 11 is 0. The third-order valence-corrected chi connectivity index (χ3v) is 8.80. The van der Waals surface area contributed by atoms with Crippen molar-refractivity contribution in [1.29, 1.82) is 0 Å². The third kappa shape index (κ3) is 4.69. The van der Waals surface area contributed by atoms with Gasteiger partial charge in [0.15, 0.2) is 0 Å². The molecule has 0 aliphatic carbocycles. The lowest BCUT2D eigenvalue weighted by atomic mass is 9.87. The molecule has 0 spiro atoms. The van der Waals surface area contributed by atoms with Crippen LogP contribution in [-0.4, -0.2) is 66.0 Å². The van der Waals surface area contributed by atoms with Crippen molar-refractivity contribution in [3.05, 3.63) is 87.7 Å². The molecule has 0 bridgehead atoms. The molecule has 2 saturated heterocycles. The van der Waals surface area contributed by atoms with Crippen molar-refractivity contribution >= 4 is 28.6 Å². The fourth-order valence-corrected chi connectivity index (χ4v) is 6.52. The van der Waals surface area contributed by atoms with Gasteiger partial charge in [0.1, 0.15) is 12.4 Å². The van der Waals surface area contributed by atoms with Crippen LogP contribution in [0.25, 0.3) is 16.6 Å². The van der Waals surface area contributed by atoms with Gasteiger partial charge in [-0.25, -0.2) is 4.98 Å². The molecule has 1 unspecified atom stereocenters. The van der Waals surface area contributed by atoms with Gasteiger partial charge in [0.25, 0.3) is 11.5 Å². The number of aromatic nitrogens is 4. The number of hydrogen-bond donors (Lipinski definition) is 1. The molecule has 2 fully saturated rings. The van der Waals surface area contributed by atoms with Crippen LogP contribution < -0.4 is 10.9 Å². The molecule has 2 aromatic carbocycles. The SMILES string of the molecule is Cn1cc(-n2cnc3ccc(CN4CCC(c5ccc6c(c5)CN(C5CCC(=O)NC5=O)C6=O)CC4)cc3c2=O)cn1. The van der Waals surface area contributed by atoms with Crippen molar-refractivity contribution in [2.75, 3.05) is 13.1 Å². The van der Waals surface area contributed by atoms with Gasteiger partial charge in [0, 0.05) is 38.3 Å². The second-order valence-electron chi connectivity index (χ2n) is 11.5. The average molecular weight is 566 g/mol. The summed E-state index contributed by atoms with van der Waals surface area (Å²) in [4.78, 5) is 58.7. The summed E-state index contributed by atoms with van der Waals surface area (Å²) in [6.45, 7) is 3.00. The molecule has 3 amide bonds. The molecule has 7 rings (SSSR count). The first kappa shape index (κ1) is 26.3. The molecule has 42 heavy (non-hydrogen) atoms. The van der Waals surface area contributed by atoms with Crippen LogP contribution in [0.3, 0.4) is 0 Å². The van der Waals surface area contributed by atoms with Crippen LogP contribution in [0, 0.1) is 0 Å². The van der Waals surface area contributed by atoms with E-state index in [1.54, 1.807) is 28.3 Å². The van der Waals surface area contributed by atoms with Gasteiger partial charge in [-0.3, -0.25) is 38.6 Å². The number of piperidine rings is 2. The maximum absolute atomic E-state index is 13.2. The van der Waals surface area contributed by atoms with Crippen LogP contribution >= 0.6 is 0 Å². The lowest BCUT2D eigenvalue weighted by Crippen LogP contribution is -2.52. The Hall–Kier alpha value is -4.64. The highest BCUT2D eigenvalue weighted by Gasteiger charge is 2.39. The molecule has 0 saturated carbocycles. The van der Waals surface area contributed by atoms with Crippen LogP contribution in [0.4, 0.5) is 0 Å². The first-order valence-electron chi connectivity index (χ1n) is 14.3. The van der Waals surface area contributed by atoms with Gasteiger partial charge in [-0.05, 0) is 73.2 Å². The number of fused-ring (bicyclic) bond motifs is 2. The summed E-state index contributed by atoms with van der Waals surface area (Å²) < 4.78 is 3.18. The highest BCUT2D eigenvalue weighted by molar-refractivity contribution is 6.05. The minimum absolute atomic E-state index is 0.111. The summed E-state index contributed by atoms with van der Waals surface area (Å²) in [7, 11) is 1.81. The van der Waals surface area contributed by atoms with E-state index in [1.807, 2.05) is 31.3 Å². The molecule has 11 heteroatoms. The number of aryl methyl sites for hydroxylation is 1. The van der Waals surface area contributed by atoms with Gasteiger partial charge in [-0.15, -0.1) is 0 Å². The van der Waals surface area contributed by atoms with Crippen LogP contribution in [-0.2, 0) is 29.7 Å². The lowest BCUT2D eigenvalue weighted by Gasteiger charge is -2.32. The Kier molecular flexibility index (Phi) is 6.46. The number of hydrogen-bond acceptors (Lipinski definition) is 7. The summed E-state index contributed by atoms with van der Waals surface area (Å²) in [5.74, 6) is -0.421. The number of carbonyl (C=O) groups is 3. The van der Waals surface area contributed by atoms with E-state index in [4.69, 9.17) is 0 Å². The Labute approximate surface area is 241 Å². The zero-order chi connectivity index (χ0) is 29.0. The molecule has 4 aromatic rings. The van der Waals surface area contributed by atoms with Crippen molar-refractivity contribution in [1.82, 2.24) is 34.4 Å². The van der Waals surface area contributed by atoms with Crippen LogP contribution in [0.1, 0.15) is 58.6 Å². The molecule has 3 aliphatic heterocycles. The van der Waals surface area contributed by atoms with E-state index in [-0.39, 0.29) is 29.7 Å². The number of carbonyl (C=O) groups excluding carboxylic acids is 3. The van der Waals surface area contributed by atoms with Gasteiger partial charge in [0.2, 0.25) is 11.8 Å². The Morgan fingerprint density at radius 2 is 1.83 bits per heavy atom. The van der Waals surface area contributed by atoms with Crippen LogP contribution in [0.2, 0.25) is 0 Å². The molecule has 0 radical (unpaired) electrons. The molecular formula is C31H31N7O4. The number of nitrogens with one attached hydrogen (secondary N) is 1. The standard InChI is InChI=1S/C31H31N7O4/c1-35-17-23(14-33-35)38-18-32-26-5-2-19(12-25(26)31(38)42)15-36-10-8-20(9-11-36)21-3-4-24-22(13-21)16-37(30(24)41)27-6-7-28(39)34-29(27)40/h2-5,12-14,17-18,20,27H,6-11,15-16H2,1H3,(H,34,39,40). The van der Waals surface area contributed by atoms with E-state index in [0.29, 0.717) is 41.0 Å². The smallest absolute Gasteiger partial charge is 0.265 e. The number of rotatable bonds is 5. The quantitative estimate of drug-likeness (QED) is 0.369. The van der Waals surface area contributed by atoms with E-state index in [9.17, 15) is 19.2 Å². The van der Waals surface area contributed by atoms with E-state index in [1.165, 1.54) is 10.1 Å². The maximum atomic E-state index is 13.2. The molecule has 11 nitrogen and oxygen atoms in total. The molecule has 2 aromatic heterocycles. The Bertz CT molecular complexity index is 1800. The van der Waals surface area contributed by atoms with Crippen molar-refractivity contribution < 1.29 is 14.4 Å². The maximum Gasteiger partial charge on any atom is 0.265 e. The normalized spacial score (nSPS) is 19.9. The molecular weight excluding hydrogens is 534 g/mol. The Balaban J connectivity index is 1.01. The number of imide groups is 1. The monoisotopic (exact) mass is 565 g/mol. The molecule has 3 aliphatic rings. The summed E-state index contributed by atoms with van der Waals surface area (Å²) in [5, 5.41) is 7.12. The van der Waals surface area contributed by atoms with Gasteiger partial charge in [0.05, 0.1) is 22.8 Å².